The lowest BCUT2D eigenvalue weighted by molar-refractivity contribution is 0.102. The van der Waals surface area contributed by atoms with Crippen molar-refractivity contribution in [2.45, 2.75) is 13.8 Å². The molecule has 0 saturated carbocycles. The average molecular weight is 322 g/mol. The van der Waals surface area contributed by atoms with E-state index in [1.807, 2.05) is 31.2 Å². The molecule has 5 heteroatoms. The van der Waals surface area contributed by atoms with Gasteiger partial charge < -0.3 is 15.2 Å². The van der Waals surface area contributed by atoms with Crippen LogP contribution in [-0.4, -0.2) is 23.1 Å². The highest BCUT2D eigenvalue weighted by Crippen LogP contribution is 2.26. The molecule has 122 valence electrons. The molecule has 0 saturated heterocycles. The fourth-order valence-electron chi connectivity index (χ4n) is 2.54. The number of ether oxygens (including phenoxy) is 1. The molecule has 0 atom stereocenters. The van der Waals surface area contributed by atoms with Gasteiger partial charge in [-0.25, -0.2) is 0 Å². The smallest absolute Gasteiger partial charge is 0.257 e. The molecule has 0 aliphatic rings. The summed E-state index contributed by atoms with van der Waals surface area (Å²) < 4.78 is 5.19. The van der Waals surface area contributed by atoms with Gasteiger partial charge in [-0.05, 0) is 49.7 Å². The van der Waals surface area contributed by atoms with Crippen LogP contribution in [0, 0.1) is 13.8 Å². The lowest BCUT2D eigenvalue weighted by Gasteiger charge is -2.11. The third-order valence-corrected chi connectivity index (χ3v) is 3.86. The highest BCUT2D eigenvalue weighted by molar-refractivity contribution is 6.07. The molecule has 3 aromatic rings. The molecule has 0 bridgehead atoms. The van der Waals surface area contributed by atoms with Crippen LogP contribution in [0.5, 0.6) is 11.5 Å². The van der Waals surface area contributed by atoms with E-state index in [1.165, 1.54) is 0 Å². The summed E-state index contributed by atoms with van der Waals surface area (Å²) >= 11 is 0. The third kappa shape index (κ3) is 3.01. The molecule has 2 aromatic carbocycles. The summed E-state index contributed by atoms with van der Waals surface area (Å²) in [7, 11) is 1.60. The Hall–Kier alpha value is -3.08. The van der Waals surface area contributed by atoms with Gasteiger partial charge in [0.2, 0.25) is 0 Å². The van der Waals surface area contributed by atoms with E-state index in [0.29, 0.717) is 16.9 Å². The second-order valence-corrected chi connectivity index (χ2v) is 5.65. The SMILES string of the molecule is COc1ccc2cc(C(=O)Nc3ccc(C)cc3O)c(C)nc2c1. The summed E-state index contributed by atoms with van der Waals surface area (Å²) in [5.41, 5.74) is 3.14. The van der Waals surface area contributed by atoms with Crippen LogP contribution in [-0.2, 0) is 0 Å². The van der Waals surface area contributed by atoms with Gasteiger partial charge >= 0.3 is 0 Å². The number of nitrogens with one attached hydrogen (secondary N) is 1. The fraction of sp³-hybridized carbons (Fsp3) is 0.158. The molecular weight excluding hydrogens is 304 g/mol. The van der Waals surface area contributed by atoms with Crippen LogP contribution in [0.25, 0.3) is 10.9 Å². The van der Waals surface area contributed by atoms with Crippen LogP contribution in [0.2, 0.25) is 0 Å². The Morgan fingerprint density at radius 1 is 1.12 bits per heavy atom. The van der Waals surface area contributed by atoms with Gasteiger partial charge in [0.05, 0.1) is 29.6 Å². The first-order valence-electron chi connectivity index (χ1n) is 7.54. The maximum atomic E-state index is 12.6. The normalized spacial score (nSPS) is 10.6. The summed E-state index contributed by atoms with van der Waals surface area (Å²) in [4.78, 5) is 17.0. The van der Waals surface area contributed by atoms with Crippen molar-refractivity contribution < 1.29 is 14.6 Å². The third-order valence-electron chi connectivity index (χ3n) is 3.86. The first-order chi connectivity index (χ1) is 11.5. The number of anilines is 1. The van der Waals surface area contributed by atoms with E-state index in [4.69, 9.17) is 4.74 Å². The summed E-state index contributed by atoms with van der Waals surface area (Å²) in [6.07, 6.45) is 0. The summed E-state index contributed by atoms with van der Waals surface area (Å²) in [6.45, 7) is 3.65. The monoisotopic (exact) mass is 322 g/mol. The number of phenolic OH excluding ortho intramolecular Hbond substituents is 1. The van der Waals surface area contributed by atoms with Crippen molar-refractivity contribution in [3.05, 3.63) is 59.3 Å². The van der Waals surface area contributed by atoms with E-state index in [2.05, 4.69) is 10.3 Å². The molecule has 5 nitrogen and oxygen atoms in total. The lowest BCUT2D eigenvalue weighted by atomic mass is 10.1. The predicted octanol–water partition coefficient (Wildman–Crippen LogP) is 3.82. The van der Waals surface area contributed by atoms with Crippen LogP contribution >= 0.6 is 0 Å². The second kappa shape index (κ2) is 6.20. The van der Waals surface area contributed by atoms with Crippen LogP contribution in [0.1, 0.15) is 21.6 Å². The van der Waals surface area contributed by atoms with Crippen molar-refractivity contribution in [1.82, 2.24) is 4.98 Å². The molecular formula is C19H18N2O3. The number of carbonyl (C=O) groups is 1. The number of nitrogens with zero attached hydrogens (tertiary/aromatic N) is 1. The summed E-state index contributed by atoms with van der Waals surface area (Å²) in [6, 6.07) is 12.4. The number of pyridine rings is 1. The van der Waals surface area contributed by atoms with Crippen molar-refractivity contribution in [3.8, 4) is 11.5 Å². The Balaban J connectivity index is 1.96. The van der Waals surface area contributed by atoms with Crippen molar-refractivity contribution in [1.29, 1.82) is 0 Å². The van der Waals surface area contributed by atoms with Crippen LogP contribution in [0.4, 0.5) is 5.69 Å². The topological polar surface area (TPSA) is 71.5 Å². The van der Waals surface area contributed by atoms with Gasteiger partial charge in [0.25, 0.3) is 5.91 Å². The summed E-state index contributed by atoms with van der Waals surface area (Å²) in [5, 5.41) is 13.5. The standard InChI is InChI=1S/C19H18N2O3/c1-11-4-7-16(18(22)8-11)21-19(23)15-9-13-5-6-14(24-3)10-17(13)20-12(15)2/h4-10,22H,1-3H3,(H,21,23). The van der Waals surface area contributed by atoms with E-state index in [1.54, 1.807) is 32.2 Å². The van der Waals surface area contributed by atoms with E-state index in [0.717, 1.165) is 22.2 Å². The molecule has 0 aliphatic heterocycles. The van der Waals surface area contributed by atoms with Crippen molar-refractivity contribution >= 4 is 22.5 Å². The van der Waals surface area contributed by atoms with Crippen molar-refractivity contribution in [2.24, 2.45) is 0 Å². The number of rotatable bonds is 3. The Morgan fingerprint density at radius 3 is 2.62 bits per heavy atom. The molecule has 0 spiro atoms. The number of amides is 1. The number of carbonyl (C=O) groups excluding carboxylic acids is 1. The van der Waals surface area contributed by atoms with Crippen LogP contribution in [0.15, 0.2) is 42.5 Å². The van der Waals surface area contributed by atoms with Gasteiger partial charge in [-0.3, -0.25) is 9.78 Å². The second-order valence-electron chi connectivity index (χ2n) is 5.65. The molecule has 1 heterocycles. The molecule has 24 heavy (non-hydrogen) atoms. The largest absolute Gasteiger partial charge is 0.506 e. The highest BCUT2D eigenvalue weighted by atomic mass is 16.5. The molecule has 3 rings (SSSR count). The molecule has 0 aliphatic carbocycles. The molecule has 1 amide bonds. The number of fused-ring (bicyclic) bond motifs is 1. The quantitative estimate of drug-likeness (QED) is 0.719. The zero-order valence-corrected chi connectivity index (χ0v) is 13.8. The first-order valence-corrected chi connectivity index (χ1v) is 7.54. The minimum absolute atomic E-state index is 0.0412. The number of benzene rings is 2. The van der Waals surface area contributed by atoms with Crippen molar-refractivity contribution in [2.75, 3.05) is 12.4 Å². The Bertz CT molecular complexity index is 935. The van der Waals surface area contributed by atoms with Gasteiger partial charge in [0.15, 0.2) is 0 Å². The average Bonchev–Trinajstić information content (AvgIpc) is 2.56. The molecule has 1 aromatic heterocycles. The number of hydrogen-bond donors (Lipinski definition) is 2. The number of methoxy groups -OCH3 is 1. The number of aromatic hydroxyl groups is 1. The first kappa shape index (κ1) is 15.8. The minimum atomic E-state index is -0.308. The van der Waals surface area contributed by atoms with Gasteiger partial charge in [-0.15, -0.1) is 0 Å². The summed E-state index contributed by atoms with van der Waals surface area (Å²) in [5.74, 6) is 0.451. The number of phenols is 1. The van der Waals surface area contributed by atoms with Crippen LogP contribution < -0.4 is 10.1 Å². The Kier molecular flexibility index (Phi) is 4.08. The maximum absolute atomic E-state index is 12.6. The zero-order valence-electron chi connectivity index (χ0n) is 13.8. The zero-order chi connectivity index (χ0) is 17.3. The van der Waals surface area contributed by atoms with Gasteiger partial charge in [-0.2, -0.15) is 0 Å². The number of aryl methyl sites for hydroxylation is 2. The number of aromatic nitrogens is 1. The predicted molar refractivity (Wildman–Crippen MR) is 93.8 cm³/mol. The van der Waals surface area contributed by atoms with E-state index < -0.39 is 0 Å². The van der Waals surface area contributed by atoms with Crippen LogP contribution in [0.3, 0.4) is 0 Å². The fourth-order valence-corrected chi connectivity index (χ4v) is 2.54. The molecule has 0 fully saturated rings. The minimum Gasteiger partial charge on any atom is -0.506 e. The molecule has 0 radical (unpaired) electrons. The van der Waals surface area contributed by atoms with E-state index in [9.17, 15) is 9.90 Å². The Morgan fingerprint density at radius 2 is 1.92 bits per heavy atom. The number of hydrogen-bond acceptors (Lipinski definition) is 4. The van der Waals surface area contributed by atoms with Gasteiger partial charge in [0, 0.05) is 11.5 Å². The maximum Gasteiger partial charge on any atom is 0.257 e. The van der Waals surface area contributed by atoms with Crippen molar-refractivity contribution in [3.63, 3.8) is 0 Å². The molecule has 0 unspecified atom stereocenters. The lowest BCUT2D eigenvalue weighted by Crippen LogP contribution is -2.14. The van der Waals surface area contributed by atoms with Gasteiger partial charge in [-0.1, -0.05) is 6.07 Å². The van der Waals surface area contributed by atoms with E-state index >= 15 is 0 Å². The van der Waals surface area contributed by atoms with E-state index in [-0.39, 0.29) is 11.7 Å². The highest BCUT2D eigenvalue weighted by Gasteiger charge is 2.14. The Labute approximate surface area is 139 Å². The van der Waals surface area contributed by atoms with Gasteiger partial charge in [0.1, 0.15) is 11.5 Å². The molecule has 2 N–H and O–H groups in total.